The number of hydrogen-bond acceptors (Lipinski definition) is 6. The van der Waals surface area contributed by atoms with Crippen LogP contribution in [0.25, 0.3) is 11.5 Å². The minimum absolute atomic E-state index is 0.108. The van der Waals surface area contributed by atoms with Crippen molar-refractivity contribution in [2.75, 3.05) is 0 Å². The summed E-state index contributed by atoms with van der Waals surface area (Å²) >= 11 is 5.83. The van der Waals surface area contributed by atoms with E-state index >= 15 is 0 Å². The van der Waals surface area contributed by atoms with E-state index in [1.807, 2.05) is 0 Å². The SMILES string of the molecule is Cc1cc(C(=O)OCc2nnc(-c3ccc(Cl)cc3)o2)c(C)o1. The monoisotopic (exact) mass is 332 g/mol. The lowest BCUT2D eigenvalue weighted by molar-refractivity contribution is 0.0436. The zero-order chi connectivity index (χ0) is 16.4. The molecule has 7 heteroatoms. The molecule has 0 saturated heterocycles. The van der Waals surface area contributed by atoms with Gasteiger partial charge in [-0.15, -0.1) is 10.2 Å². The molecule has 0 atom stereocenters. The van der Waals surface area contributed by atoms with Crippen LogP contribution in [0.2, 0.25) is 5.02 Å². The van der Waals surface area contributed by atoms with E-state index in [4.69, 9.17) is 25.2 Å². The van der Waals surface area contributed by atoms with Crippen LogP contribution in [0.15, 0.2) is 39.2 Å². The number of carbonyl (C=O) groups is 1. The van der Waals surface area contributed by atoms with Crippen molar-refractivity contribution in [1.29, 1.82) is 0 Å². The molecule has 0 fully saturated rings. The number of halogens is 1. The minimum Gasteiger partial charge on any atom is -0.466 e. The molecule has 0 aliphatic carbocycles. The van der Waals surface area contributed by atoms with Gasteiger partial charge in [0.25, 0.3) is 5.89 Å². The van der Waals surface area contributed by atoms with E-state index < -0.39 is 5.97 Å². The number of furan rings is 1. The van der Waals surface area contributed by atoms with Gasteiger partial charge in [0.1, 0.15) is 17.1 Å². The molecule has 0 unspecified atom stereocenters. The second kappa shape index (κ2) is 6.26. The summed E-state index contributed by atoms with van der Waals surface area (Å²) in [6.45, 7) is 3.36. The average Bonchev–Trinajstić information content (AvgIpc) is 3.12. The normalized spacial score (nSPS) is 10.7. The summed E-state index contributed by atoms with van der Waals surface area (Å²) in [7, 11) is 0. The van der Waals surface area contributed by atoms with Gasteiger partial charge in [0.05, 0.1) is 0 Å². The largest absolute Gasteiger partial charge is 0.466 e. The molecule has 0 spiro atoms. The van der Waals surface area contributed by atoms with Crippen molar-refractivity contribution in [2.24, 2.45) is 0 Å². The van der Waals surface area contributed by atoms with Gasteiger partial charge in [-0.3, -0.25) is 0 Å². The third kappa shape index (κ3) is 3.43. The van der Waals surface area contributed by atoms with E-state index in [-0.39, 0.29) is 12.5 Å². The van der Waals surface area contributed by atoms with Gasteiger partial charge in [-0.05, 0) is 44.2 Å². The predicted octanol–water partition coefficient (Wildman–Crippen LogP) is 3.96. The van der Waals surface area contributed by atoms with Gasteiger partial charge in [-0.2, -0.15) is 0 Å². The Kier molecular flexibility index (Phi) is 4.16. The first-order valence-electron chi connectivity index (χ1n) is 6.85. The van der Waals surface area contributed by atoms with Gasteiger partial charge in [0.15, 0.2) is 6.61 Å². The smallest absolute Gasteiger partial charge is 0.342 e. The lowest BCUT2D eigenvalue weighted by Crippen LogP contribution is -2.05. The van der Waals surface area contributed by atoms with Crippen LogP contribution in [0.3, 0.4) is 0 Å². The number of hydrogen-bond donors (Lipinski definition) is 0. The van der Waals surface area contributed by atoms with E-state index in [0.29, 0.717) is 28.0 Å². The molecule has 0 aliphatic rings. The number of rotatable bonds is 4. The standard InChI is InChI=1S/C16H13ClN2O4/c1-9-7-13(10(2)22-9)16(20)21-8-14-18-19-15(23-14)11-3-5-12(17)6-4-11/h3-7H,8H2,1-2H3. The highest BCUT2D eigenvalue weighted by Gasteiger charge is 2.17. The third-order valence-electron chi connectivity index (χ3n) is 3.15. The molecule has 0 aliphatic heterocycles. The van der Waals surface area contributed by atoms with Gasteiger partial charge < -0.3 is 13.6 Å². The highest BCUT2D eigenvalue weighted by atomic mass is 35.5. The quantitative estimate of drug-likeness (QED) is 0.673. The van der Waals surface area contributed by atoms with E-state index in [1.54, 1.807) is 44.2 Å². The Morgan fingerprint density at radius 2 is 1.91 bits per heavy atom. The first-order chi connectivity index (χ1) is 11.0. The molecular weight excluding hydrogens is 320 g/mol. The summed E-state index contributed by atoms with van der Waals surface area (Å²) in [5.41, 5.74) is 1.13. The van der Waals surface area contributed by atoms with Crippen molar-refractivity contribution in [2.45, 2.75) is 20.5 Å². The molecule has 3 aromatic rings. The molecule has 1 aromatic carbocycles. The molecule has 2 aromatic heterocycles. The van der Waals surface area contributed by atoms with Crippen molar-refractivity contribution in [1.82, 2.24) is 10.2 Å². The molecule has 118 valence electrons. The van der Waals surface area contributed by atoms with Crippen LogP contribution < -0.4 is 0 Å². The lowest BCUT2D eigenvalue weighted by atomic mass is 10.2. The average molecular weight is 333 g/mol. The van der Waals surface area contributed by atoms with Gasteiger partial charge >= 0.3 is 5.97 Å². The predicted molar refractivity (Wildman–Crippen MR) is 82.0 cm³/mol. The Morgan fingerprint density at radius 3 is 2.57 bits per heavy atom. The van der Waals surface area contributed by atoms with E-state index in [1.165, 1.54) is 0 Å². The maximum Gasteiger partial charge on any atom is 0.342 e. The van der Waals surface area contributed by atoms with Crippen LogP contribution in [0.4, 0.5) is 0 Å². The first kappa shape index (κ1) is 15.3. The maximum absolute atomic E-state index is 12.0. The maximum atomic E-state index is 12.0. The molecule has 0 amide bonds. The molecule has 0 bridgehead atoms. The highest BCUT2D eigenvalue weighted by Crippen LogP contribution is 2.21. The second-order valence-electron chi connectivity index (χ2n) is 4.91. The Labute approximate surface area is 137 Å². The minimum atomic E-state index is -0.495. The van der Waals surface area contributed by atoms with Crippen LogP contribution in [-0.4, -0.2) is 16.2 Å². The van der Waals surface area contributed by atoms with Crippen molar-refractivity contribution in [3.05, 3.63) is 58.3 Å². The molecule has 0 radical (unpaired) electrons. The fourth-order valence-corrected chi connectivity index (χ4v) is 2.19. The second-order valence-corrected chi connectivity index (χ2v) is 5.35. The highest BCUT2D eigenvalue weighted by molar-refractivity contribution is 6.30. The number of carbonyl (C=O) groups excluding carboxylic acids is 1. The van der Waals surface area contributed by atoms with Gasteiger partial charge in [-0.25, -0.2) is 4.79 Å². The number of aryl methyl sites for hydroxylation is 2. The zero-order valence-electron chi connectivity index (χ0n) is 12.5. The van der Waals surface area contributed by atoms with E-state index in [2.05, 4.69) is 10.2 Å². The number of benzene rings is 1. The number of ether oxygens (including phenoxy) is 1. The zero-order valence-corrected chi connectivity index (χ0v) is 13.3. The third-order valence-corrected chi connectivity index (χ3v) is 3.40. The first-order valence-corrected chi connectivity index (χ1v) is 7.23. The van der Waals surface area contributed by atoms with E-state index in [0.717, 1.165) is 5.56 Å². The van der Waals surface area contributed by atoms with Gasteiger partial charge in [-0.1, -0.05) is 11.6 Å². The number of esters is 1. The fraction of sp³-hybridized carbons (Fsp3) is 0.188. The van der Waals surface area contributed by atoms with Crippen LogP contribution in [0.5, 0.6) is 0 Å². The van der Waals surface area contributed by atoms with Crippen LogP contribution in [0.1, 0.15) is 27.8 Å². The number of aromatic nitrogens is 2. The van der Waals surface area contributed by atoms with Crippen LogP contribution >= 0.6 is 11.6 Å². The van der Waals surface area contributed by atoms with Gasteiger partial charge in [0.2, 0.25) is 5.89 Å². The Balaban J connectivity index is 1.66. The van der Waals surface area contributed by atoms with Crippen LogP contribution in [-0.2, 0) is 11.3 Å². The summed E-state index contributed by atoms with van der Waals surface area (Å²) in [4.78, 5) is 12.0. The molecule has 6 nitrogen and oxygen atoms in total. The fourth-order valence-electron chi connectivity index (χ4n) is 2.06. The summed E-state index contributed by atoms with van der Waals surface area (Å²) in [5.74, 6) is 1.21. The lowest BCUT2D eigenvalue weighted by Gasteiger charge is -2.00. The van der Waals surface area contributed by atoms with Gasteiger partial charge in [0, 0.05) is 10.6 Å². The molecular formula is C16H13ClN2O4. The topological polar surface area (TPSA) is 78.4 Å². The van der Waals surface area contributed by atoms with Crippen molar-refractivity contribution >= 4 is 17.6 Å². The van der Waals surface area contributed by atoms with Crippen molar-refractivity contribution in [3.63, 3.8) is 0 Å². The van der Waals surface area contributed by atoms with E-state index in [9.17, 15) is 4.79 Å². The Bertz CT molecular complexity index is 836. The summed E-state index contributed by atoms with van der Waals surface area (Å²) in [5, 5.41) is 8.40. The summed E-state index contributed by atoms with van der Waals surface area (Å²) in [6, 6.07) is 8.62. The summed E-state index contributed by atoms with van der Waals surface area (Å²) < 4.78 is 15.9. The number of nitrogens with zero attached hydrogens (tertiary/aromatic N) is 2. The Morgan fingerprint density at radius 1 is 1.17 bits per heavy atom. The van der Waals surface area contributed by atoms with Crippen molar-refractivity contribution in [3.8, 4) is 11.5 Å². The molecule has 0 saturated carbocycles. The molecule has 2 heterocycles. The molecule has 3 rings (SSSR count). The van der Waals surface area contributed by atoms with Crippen LogP contribution in [0, 0.1) is 13.8 Å². The Hall–Kier alpha value is -2.60. The molecule has 23 heavy (non-hydrogen) atoms. The summed E-state index contributed by atoms with van der Waals surface area (Å²) in [6.07, 6.45) is 0. The van der Waals surface area contributed by atoms with Crippen molar-refractivity contribution < 1.29 is 18.4 Å². The molecule has 0 N–H and O–H groups in total.